The minimum Gasteiger partial charge on any atom is -0.366 e. The average Bonchev–Trinajstić information content (AvgIpc) is 2.78. The first-order chi connectivity index (χ1) is 7.45. The van der Waals surface area contributed by atoms with Gasteiger partial charge in [-0.1, -0.05) is 0 Å². The first kappa shape index (κ1) is 9.16. The lowest BCUT2D eigenvalue weighted by Crippen LogP contribution is -2.48. The highest BCUT2D eigenvalue weighted by Crippen LogP contribution is 2.28. The maximum Gasteiger partial charge on any atom is 0.0555 e. The fourth-order valence-electron chi connectivity index (χ4n) is 2.91. The van der Waals surface area contributed by atoms with Crippen LogP contribution in [-0.4, -0.2) is 30.2 Å². The van der Waals surface area contributed by atoms with Gasteiger partial charge in [-0.3, -0.25) is 4.98 Å². The zero-order valence-corrected chi connectivity index (χ0v) is 8.89. The van der Waals surface area contributed by atoms with Crippen LogP contribution in [-0.2, 0) is 0 Å². The van der Waals surface area contributed by atoms with Gasteiger partial charge in [-0.05, 0) is 37.9 Å². The van der Waals surface area contributed by atoms with Gasteiger partial charge in [-0.15, -0.1) is 0 Å². The van der Waals surface area contributed by atoms with Crippen molar-refractivity contribution in [2.45, 2.75) is 31.3 Å². The fourth-order valence-corrected chi connectivity index (χ4v) is 2.91. The summed E-state index contributed by atoms with van der Waals surface area (Å²) in [5.41, 5.74) is 1.29. The molecule has 1 N–H and O–H groups in total. The Morgan fingerprint density at radius 1 is 1.40 bits per heavy atom. The molecule has 80 valence electrons. The minimum absolute atomic E-state index is 0.697. The van der Waals surface area contributed by atoms with Gasteiger partial charge in [-0.2, -0.15) is 0 Å². The fraction of sp³-hybridized carbons (Fsp3) is 0.583. The molecule has 0 bridgehead atoms. The van der Waals surface area contributed by atoms with Crippen molar-refractivity contribution in [3.8, 4) is 0 Å². The first-order valence-corrected chi connectivity index (χ1v) is 5.85. The molecule has 0 aliphatic carbocycles. The van der Waals surface area contributed by atoms with E-state index in [1.165, 1.54) is 38.0 Å². The summed E-state index contributed by atoms with van der Waals surface area (Å²) in [6.07, 6.45) is 7.74. The molecule has 0 spiro atoms. The Morgan fingerprint density at radius 2 is 2.40 bits per heavy atom. The number of anilines is 1. The van der Waals surface area contributed by atoms with Crippen molar-refractivity contribution in [3.63, 3.8) is 0 Å². The number of hydrogen-bond acceptors (Lipinski definition) is 3. The van der Waals surface area contributed by atoms with E-state index in [2.05, 4.69) is 21.3 Å². The van der Waals surface area contributed by atoms with Crippen molar-refractivity contribution in [3.05, 3.63) is 24.5 Å². The van der Waals surface area contributed by atoms with Crippen LogP contribution in [0.4, 0.5) is 5.69 Å². The number of pyridine rings is 1. The second-order valence-electron chi connectivity index (χ2n) is 4.46. The number of nitrogens with zero attached hydrogens (tertiary/aromatic N) is 2. The van der Waals surface area contributed by atoms with Gasteiger partial charge in [0, 0.05) is 24.8 Å². The number of aromatic nitrogens is 1. The molecular formula is C12H17N3. The smallest absolute Gasteiger partial charge is 0.0555 e. The molecule has 3 rings (SSSR count). The molecule has 2 atom stereocenters. The standard InChI is InChI=1S/C12H17N3/c1-3-10(9-13-6-1)15-8-2-4-11-12(15)5-7-14-11/h1,3,6,9,11-12,14H,2,4-5,7-8H2/t11-,12-/m1/s1. The summed E-state index contributed by atoms with van der Waals surface area (Å²) < 4.78 is 0. The maximum atomic E-state index is 4.21. The van der Waals surface area contributed by atoms with Gasteiger partial charge in [0.05, 0.1) is 11.9 Å². The molecule has 3 heteroatoms. The summed E-state index contributed by atoms with van der Waals surface area (Å²) in [6.45, 7) is 2.36. The Morgan fingerprint density at radius 3 is 3.27 bits per heavy atom. The molecule has 2 aliphatic rings. The van der Waals surface area contributed by atoms with Crippen LogP contribution in [0.15, 0.2) is 24.5 Å². The molecule has 1 aromatic heterocycles. The quantitative estimate of drug-likeness (QED) is 0.748. The molecule has 2 aliphatic heterocycles. The number of piperidine rings is 1. The van der Waals surface area contributed by atoms with E-state index in [1.54, 1.807) is 0 Å². The van der Waals surface area contributed by atoms with Gasteiger partial charge in [0.1, 0.15) is 0 Å². The third-order valence-electron chi connectivity index (χ3n) is 3.60. The van der Waals surface area contributed by atoms with E-state index in [9.17, 15) is 0 Å². The Balaban J connectivity index is 1.85. The predicted octanol–water partition coefficient (Wildman–Crippen LogP) is 1.41. The van der Waals surface area contributed by atoms with Crippen molar-refractivity contribution in [1.29, 1.82) is 0 Å². The monoisotopic (exact) mass is 203 g/mol. The van der Waals surface area contributed by atoms with E-state index >= 15 is 0 Å². The van der Waals surface area contributed by atoms with Crippen LogP contribution < -0.4 is 10.2 Å². The van der Waals surface area contributed by atoms with E-state index in [-0.39, 0.29) is 0 Å². The molecule has 3 nitrogen and oxygen atoms in total. The zero-order valence-electron chi connectivity index (χ0n) is 8.89. The molecule has 2 saturated heterocycles. The molecule has 0 saturated carbocycles. The highest BCUT2D eigenvalue weighted by Gasteiger charge is 2.34. The van der Waals surface area contributed by atoms with Gasteiger partial charge in [0.2, 0.25) is 0 Å². The van der Waals surface area contributed by atoms with Gasteiger partial charge in [-0.25, -0.2) is 0 Å². The van der Waals surface area contributed by atoms with Crippen LogP contribution in [0.5, 0.6) is 0 Å². The van der Waals surface area contributed by atoms with Crippen LogP contribution in [0.25, 0.3) is 0 Å². The summed E-state index contributed by atoms with van der Waals surface area (Å²) in [6, 6.07) is 5.61. The van der Waals surface area contributed by atoms with Gasteiger partial charge < -0.3 is 10.2 Å². The summed E-state index contributed by atoms with van der Waals surface area (Å²) >= 11 is 0. The lowest BCUT2D eigenvalue weighted by Gasteiger charge is -2.38. The van der Waals surface area contributed by atoms with Gasteiger partial charge in [0.15, 0.2) is 0 Å². The lowest BCUT2D eigenvalue weighted by atomic mass is 9.97. The summed E-state index contributed by atoms with van der Waals surface area (Å²) in [7, 11) is 0. The summed E-state index contributed by atoms with van der Waals surface area (Å²) in [5, 5.41) is 3.60. The number of nitrogens with one attached hydrogen (secondary N) is 1. The third kappa shape index (κ3) is 1.61. The Kier molecular flexibility index (Phi) is 2.33. The van der Waals surface area contributed by atoms with Gasteiger partial charge in [0.25, 0.3) is 0 Å². The number of rotatable bonds is 1. The summed E-state index contributed by atoms with van der Waals surface area (Å²) in [5.74, 6) is 0. The second-order valence-corrected chi connectivity index (χ2v) is 4.46. The molecule has 2 fully saturated rings. The predicted molar refractivity (Wildman–Crippen MR) is 61.0 cm³/mol. The molecule has 0 amide bonds. The highest BCUT2D eigenvalue weighted by molar-refractivity contribution is 5.46. The van der Waals surface area contributed by atoms with E-state index in [0.717, 1.165) is 0 Å². The largest absolute Gasteiger partial charge is 0.366 e. The SMILES string of the molecule is c1cncc(N2CCC[C@H]3NCC[C@H]32)c1. The molecule has 15 heavy (non-hydrogen) atoms. The van der Waals surface area contributed by atoms with Crippen LogP contribution in [0.1, 0.15) is 19.3 Å². The molecule has 0 radical (unpaired) electrons. The van der Waals surface area contributed by atoms with E-state index in [4.69, 9.17) is 0 Å². The van der Waals surface area contributed by atoms with Crippen molar-refractivity contribution in [1.82, 2.24) is 10.3 Å². The average molecular weight is 203 g/mol. The van der Waals surface area contributed by atoms with Crippen LogP contribution >= 0.6 is 0 Å². The zero-order chi connectivity index (χ0) is 10.1. The second kappa shape index (κ2) is 3.81. The van der Waals surface area contributed by atoms with Crippen molar-refractivity contribution >= 4 is 5.69 Å². The Hall–Kier alpha value is -1.09. The van der Waals surface area contributed by atoms with Gasteiger partial charge >= 0.3 is 0 Å². The van der Waals surface area contributed by atoms with Crippen molar-refractivity contribution < 1.29 is 0 Å². The lowest BCUT2D eigenvalue weighted by molar-refractivity contribution is 0.412. The van der Waals surface area contributed by atoms with E-state index in [1.807, 2.05) is 18.5 Å². The van der Waals surface area contributed by atoms with Crippen LogP contribution in [0, 0.1) is 0 Å². The Labute approximate surface area is 90.5 Å². The highest BCUT2D eigenvalue weighted by atomic mass is 15.2. The molecule has 0 unspecified atom stereocenters. The minimum atomic E-state index is 0.697. The van der Waals surface area contributed by atoms with Crippen LogP contribution in [0.2, 0.25) is 0 Å². The molecular weight excluding hydrogens is 186 g/mol. The normalized spacial score (nSPS) is 30.3. The first-order valence-electron chi connectivity index (χ1n) is 5.85. The van der Waals surface area contributed by atoms with Crippen molar-refractivity contribution in [2.24, 2.45) is 0 Å². The Bertz CT molecular complexity index is 325. The molecule has 3 heterocycles. The van der Waals surface area contributed by atoms with Crippen LogP contribution in [0.3, 0.4) is 0 Å². The molecule has 0 aromatic carbocycles. The molecule has 1 aromatic rings. The maximum absolute atomic E-state index is 4.21. The third-order valence-corrected chi connectivity index (χ3v) is 3.60. The van der Waals surface area contributed by atoms with E-state index in [0.29, 0.717) is 12.1 Å². The summed E-state index contributed by atoms with van der Waals surface area (Å²) in [4.78, 5) is 6.74. The van der Waals surface area contributed by atoms with E-state index < -0.39 is 0 Å². The van der Waals surface area contributed by atoms with Crippen molar-refractivity contribution in [2.75, 3.05) is 18.0 Å². The topological polar surface area (TPSA) is 28.2 Å². The number of hydrogen-bond donors (Lipinski definition) is 1. The number of fused-ring (bicyclic) bond motifs is 1.